The zero-order valence-electron chi connectivity index (χ0n) is 30.7. The highest BCUT2D eigenvalue weighted by atomic mass is 28.4. The summed E-state index contributed by atoms with van der Waals surface area (Å²) in [7, 11) is -2.16. The molecule has 3 heterocycles. The van der Waals surface area contributed by atoms with Gasteiger partial charge in [0.25, 0.3) is 12.6 Å². The Morgan fingerprint density at radius 2 is 1.77 bits per heavy atom. The highest BCUT2D eigenvalue weighted by molar-refractivity contribution is 6.87. The number of anilines is 1. The molecule has 1 saturated heterocycles. The van der Waals surface area contributed by atoms with Gasteiger partial charge in [-0.2, -0.15) is 5.10 Å². The Hall–Kier alpha value is -2.96. The van der Waals surface area contributed by atoms with Crippen molar-refractivity contribution in [3.05, 3.63) is 30.5 Å². The lowest BCUT2D eigenvalue weighted by Crippen LogP contribution is -2.47. The largest absolute Gasteiger partial charge is 0.491 e. The van der Waals surface area contributed by atoms with Crippen molar-refractivity contribution in [1.82, 2.24) is 19.7 Å². The quantitative estimate of drug-likeness (QED) is 0.203. The van der Waals surface area contributed by atoms with Gasteiger partial charge in [0.1, 0.15) is 23.8 Å². The normalized spacial score (nSPS) is 15.8. The molecular formula is C35H56BN5O5Si. The van der Waals surface area contributed by atoms with Gasteiger partial charge in [-0.3, -0.25) is 4.79 Å². The van der Waals surface area contributed by atoms with Gasteiger partial charge in [0.05, 0.1) is 23.2 Å². The number of benzene rings is 1. The first kappa shape index (κ1) is 36.9. The molecule has 0 spiro atoms. The Kier molecular flexibility index (Phi) is 11.2. The summed E-state index contributed by atoms with van der Waals surface area (Å²) in [5.41, 5.74) is 0.810. The van der Waals surface area contributed by atoms with Crippen LogP contribution >= 0.6 is 0 Å². The van der Waals surface area contributed by atoms with E-state index in [4.69, 9.17) is 33.7 Å². The third-order valence-corrected chi connectivity index (χ3v) is 13.4. The van der Waals surface area contributed by atoms with Crippen molar-refractivity contribution in [3.8, 4) is 17.1 Å². The summed E-state index contributed by atoms with van der Waals surface area (Å²) in [6.07, 6.45) is 3.90. The highest BCUT2D eigenvalue weighted by Gasteiger charge is 2.40. The molecule has 1 N–H and O–H groups in total. The molecule has 12 heteroatoms. The molecule has 0 amide bonds. The van der Waals surface area contributed by atoms with E-state index in [1.54, 1.807) is 0 Å². The fourth-order valence-corrected chi connectivity index (χ4v) is 6.58. The first-order chi connectivity index (χ1) is 21.7. The molecule has 258 valence electrons. The predicted octanol–water partition coefficient (Wildman–Crippen LogP) is 8.25. The monoisotopic (exact) mass is 665 g/mol. The molecule has 0 bridgehead atoms. The third-order valence-electron chi connectivity index (χ3n) is 8.85. The minimum absolute atomic E-state index is 0.00623. The number of ether oxygens (including phenoxy) is 3. The summed E-state index contributed by atoms with van der Waals surface area (Å²) in [5.74, 6) is 1.83. The van der Waals surface area contributed by atoms with Gasteiger partial charge in [-0.1, -0.05) is 39.7 Å². The average molecular weight is 666 g/mol. The summed E-state index contributed by atoms with van der Waals surface area (Å²) in [6.45, 7) is 26.4. The highest BCUT2D eigenvalue weighted by Crippen LogP contribution is 2.38. The van der Waals surface area contributed by atoms with Crippen molar-refractivity contribution >= 4 is 37.8 Å². The van der Waals surface area contributed by atoms with Gasteiger partial charge >= 0.3 is 0 Å². The maximum absolute atomic E-state index is 12.9. The van der Waals surface area contributed by atoms with E-state index in [2.05, 4.69) is 60.0 Å². The van der Waals surface area contributed by atoms with Gasteiger partial charge < -0.3 is 24.0 Å². The van der Waals surface area contributed by atoms with Crippen molar-refractivity contribution < 1.29 is 23.4 Å². The number of rotatable bonds is 11. The van der Waals surface area contributed by atoms with E-state index >= 15 is 0 Å². The van der Waals surface area contributed by atoms with Gasteiger partial charge in [0.15, 0.2) is 19.8 Å². The lowest BCUT2D eigenvalue weighted by molar-refractivity contribution is 0.0702. The summed E-state index contributed by atoms with van der Waals surface area (Å²) in [5, 5.41) is 9.27. The second kappa shape index (κ2) is 14.3. The van der Waals surface area contributed by atoms with Crippen LogP contribution < -0.4 is 10.1 Å². The van der Waals surface area contributed by atoms with Gasteiger partial charge in [-0.05, 0) is 91.0 Å². The molecule has 2 aromatic heterocycles. The predicted molar refractivity (Wildman–Crippen MR) is 193 cm³/mol. The number of aromatic nitrogens is 4. The Bertz CT molecular complexity index is 1520. The fourth-order valence-electron chi connectivity index (χ4n) is 5.22. The van der Waals surface area contributed by atoms with Gasteiger partial charge in [-0.25, -0.2) is 14.6 Å². The Labute approximate surface area is 282 Å². The number of nitrogens with one attached hydrogen (secondary N) is 1. The zero-order valence-corrected chi connectivity index (χ0v) is 31.7. The summed E-state index contributed by atoms with van der Waals surface area (Å²) in [6, 6.07) is 8.13. The van der Waals surface area contributed by atoms with Crippen molar-refractivity contribution in [1.29, 1.82) is 0 Å². The number of hydrogen-bond donors (Lipinski definition) is 1. The van der Waals surface area contributed by atoms with E-state index in [9.17, 15) is 4.79 Å². The van der Waals surface area contributed by atoms with E-state index < -0.39 is 13.9 Å². The summed E-state index contributed by atoms with van der Waals surface area (Å²) >= 11 is 0. The molecule has 1 aliphatic heterocycles. The van der Waals surface area contributed by atoms with E-state index in [1.165, 1.54) is 0 Å². The molecule has 0 aliphatic carbocycles. The topological polar surface area (TPSA) is 110 Å². The van der Waals surface area contributed by atoms with Crippen LogP contribution in [0.5, 0.6) is 5.75 Å². The Morgan fingerprint density at radius 3 is 2.38 bits per heavy atom. The van der Waals surface area contributed by atoms with Gasteiger partial charge in [0, 0.05) is 24.8 Å². The molecule has 0 radical (unpaired) electrons. The Morgan fingerprint density at radius 1 is 1.09 bits per heavy atom. The number of nitrogens with zero attached hydrogens (tertiary/aromatic N) is 4. The summed E-state index contributed by atoms with van der Waals surface area (Å²) in [4.78, 5) is 22.9. The van der Waals surface area contributed by atoms with E-state index in [1.807, 2.05) is 62.7 Å². The molecule has 1 atom stereocenters. The minimum Gasteiger partial charge on any atom is -0.491 e. The van der Waals surface area contributed by atoms with Gasteiger partial charge in [0.2, 0.25) is 0 Å². The van der Waals surface area contributed by atoms with Crippen molar-refractivity contribution in [2.75, 3.05) is 25.1 Å². The molecule has 0 saturated carbocycles. The van der Waals surface area contributed by atoms with Crippen LogP contribution in [0.1, 0.15) is 75.2 Å². The lowest BCUT2D eigenvalue weighted by atomic mass is 9.48. The number of hydrogen-bond acceptors (Lipinski definition) is 9. The third kappa shape index (κ3) is 9.79. The van der Waals surface area contributed by atoms with Crippen LogP contribution in [-0.2, 0) is 19.4 Å². The molecular weight excluding hydrogens is 609 g/mol. The van der Waals surface area contributed by atoms with Crippen LogP contribution in [0.4, 0.5) is 10.6 Å². The first-order valence-corrected chi connectivity index (χ1v) is 19.9. The van der Waals surface area contributed by atoms with Crippen LogP contribution in [0.3, 0.4) is 0 Å². The van der Waals surface area contributed by atoms with Crippen molar-refractivity contribution in [2.24, 2.45) is 0 Å². The Balaban J connectivity index is 1.61. The summed E-state index contributed by atoms with van der Waals surface area (Å²) < 4.78 is 26.5. The molecule has 1 unspecified atom stereocenters. The van der Waals surface area contributed by atoms with Crippen LogP contribution in [0, 0.1) is 0 Å². The maximum atomic E-state index is 12.9. The standard InChI is InChI=1S/C35H56BN5O5Si/c1-33(2,3)41-31-28(22-37-41)30(38-25-16-18-43-19-17-25)39-29(40-31)24-14-13-15-26(20-24)44-23-27(46-47(11,12)35(7,8)9)21-36(10)32(42)45-34(4,5)6/h13-15,20,22,25,27H,16-19,21,23H2,1-12H3,(H,38,39,40). The smallest absolute Gasteiger partial charge is 0.277 e. The maximum Gasteiger partial charge on any atom is 0.277 e. The van der Waals surface area contributed by atoms with Crippen LogP contribution in [0.25, 0.3) is 22.4 Å². The molecule has 47 heavy (non-hydrogen) atoms. The number of fused-ring (bicyclic) bond motifs is 1. The molecule has 1 aliphatic rings. The first-order valence-electron chi connectivity index (χ1n) is 17.0. The van der Waals surface area contributed by atoms with E-state index in [-0.39, 0.29) is 35.3 Å². The number of carbonyl (C=O) groups excluding carboxylic acids is 1. The molecule has 1 aromatic carbocycles. The van der Waals surface area contributed by atoms with Crippen LogP contribution in [-0.4, -0.2) is 78.2 Å². The molecule has 1 fully saturated rings. The fraction of sp³-hybridized carbons (Fsp3) is 0.657. The van der Waals surface area contributed by atoms with Crippen LogP contribution in [0.2, 0.25) is 31.3 Å². The number of carbonyl (C=O) groups is 1. The zero-order chi connectivity index (χ0) is 34.8. The average Bonchev–Trinajstić information content (AvgIpc) is 3.40. The lowest BCUT2D eigenvalue weighted by Gasteiger charge is -2.39. The van der Waals surface area contributed by atoms with Gasteiger partial charge in [-0.15, -0.1) is 0 Å². The molecule has 4 rings (SSSR count). The second-order valence-electron chi connectivity index (χ2n) is 16.4. The SMILES string of the molecule is CB(CC(COc1cccc(-c2nc(NC3CCOCC3)c3cnn(C(C)(C)C)c3n2)c1)O[Si](C)(C)C(C)(C)C)C(=O)OC(C)(C)C. The van der Waals surface area contributed by atoms with E-state index in [0.717, 1.165) is 48.5 Å². The molecule has 3 aromatic rings. The van der Waals surface area contributed by atoms with Crippen molar-refractivity contribution in [3.63, 3.8) is 0 Å². The van der Waals surface area contributed by atoms with Crippen molar-refractivity contribution in [2.45, 2.75) is 130 Å². The second-order valence-corrected chi connectivity index (χ2v) is 21.2. The van der Waals surface area contributed by atoms with E-state index in [0.29, 0.717) is 24.5 Å². The minimum atomic E-state index is -2.16. The van der Waals surface area contributed by atoms with Crippen LogP contribution in [0.15, 0.2) is 30.5 Å². The molecule has 10 nitrogen and oxygen atoms in total.